The Labute approximate surface area is 120 Å². The Hall–Kier alpha value is -1.19. The molecule has 0 bridgehead atoms. The summed E-state index contributed by atoms with van der Waals surface area (Å²) in [6.07, 6.45) is 1.83. The molecule has 19 heavy (non-hydrogen) atoms. The maximum Gasteiger partial charge on any atom is 0.137 e. The Bertz CT molecular complexity index is 611. The van der Waals surface area contributed by atoms with Crippen LogP contribution in [0.2, 0.25) is 0 Å². The molecule has 0 saturated carbocycles. The third kappa shape index (κ3) is 2.45. The summed E-state index contributed by atoms with van der Waals surface area (Å²) >= 11 is 3.21. The number of benzene rings is 2. The van der Waals surface area contributed by atoms with Gasteiger partial charge in [-0.25, -0.2) is 4.39 Å². The van der Waals surface area contributed by atoms with Crippen molar-refractivity contribution in [1.29, 1.82) is 0 Å². The highest BCUT2D eigenvalue weighted by molar-refractivity contribution is 9.10. The van der Waals surface area contributed by atoms with Crippen LogP contribution in [0.5, 0.6) is 0 Å². The van der Waals surface area contributed by atoms with Crippen LogP contribution >= 0.6 is 15.9 Å². The van der Waals surface area contributed by atoms with Gasteiger partial charge in [0, 0.05) is 12.0 Å². The van der Waals surface area contributed by atoms with Crippen molar-refractivity contribution in [3.05, 3.63) is 69.4 Å². The summed E-state index contributed by atoms with van der Waals surface area (Å²) in [7, 11) is 0. The molecule has 1 nitrogen and oxygen atoms in total. The fraction of sp³-hybridized carbons (Fsp3) is 0.250. The van der Waals surface area contributed by atoms with Crippen molar-refractivity contribution in [2.24, 2.45) is 5.73 Å². The highest BCUT2D eigenvalue weighted by Gasteiger charge is 2.30. The summed E-state index contributed by atoms with van der Waals surface area (Å²) in [6, 6.07) is 13.7. The molecule has 0 radical (unpaired) electrons. The lowest BCUT2D eigenvalue weighted by atomic mass is 9.72. The van der Waals surface area contributed by atoms with E-state index in [1.165, 1.54) is 17.2 Å². The summed E-state index contributed by atoms with van der Waals surface area (Å²) in [4.78, 5) is 0. The van der Waals surface area contributed by atoms with E-state index < -0.39 is 0 Å². The van der Waals surface area contributed by atoms with E-state index in [-0.39, 0.29) is 11.9 Å². The third-order valence-electron chi connectivity index (χ3n) is 3.87. The summed E-state index contributed by atoms with van der Waals surface area (Å²) in [6.45, 7) is 0. The molecule has 1 aliphatic carbocycles. The van der Waals surface area contributed by atoms with Crippen LogP contribution in [-0.4, -0.2) is 6.04 Å². The molecule has 0 spiro atoms. The number of halogens is 2. The van der Waals surface area contributed by atoms with E-state index in [1.807, 2.05) is 12.1 Å². The topological polar surface area (TPSA) is 26.0 Å². The minimum atomic E-state index is -0.230. The standard InChI is InChI=1S/C16H15BrFN/c17-14-7-10(5-6-15(14)18)8-16(19)13-9-11-3-1-2-4-12(11)13/h1-7,13,16H,8-9,19H2. The van der Waals surface area contributed by atoms with E-state index in [2.05, 4.69) is 40.2 Å². The molecule has 98 valence electrons. The highest BCUT2D eigenvalue weighted by atomic mass is 79.9. The maximum atomic E-state index is 13.2. The quantitative estimate of drug-likeness (QED) is 0.915. The molecule has 0 heterocycles. The van der Waals surface area contributed by atoms with Crippen molar-refractivity contribution in [2.45, 2.75) is 24.8 Å². The molecule has 0 saturated heterocycles. The van der Waals surface area contributed by atoms with Gasteiger partial charge in [0.05, 0.1) is 4.47 Å². The van der Waals surface area contributed by atoms with E-state index >= 15 is 0 Å². The zero-order valence-corrected chi connectivity index (χ0v) is 12.0. The monoisotopic (exact) mass is 319 g/mol. The molecule has 2 aromatic carbocycles. The van der Waals surface area contributed by atoms with Crippen molar-refractivity contribution in [3.63, 3.8) is 0 Å². The van der Waals surface area contributed by atoms with Gasteiger partial charge in [0.25, 0.3) is 0 Å². The Balaban J connectivity index is 1.73. The summed E-state index contributed by atoms with van der Waals surface area (Å²) in [5.74, 6) is 0.200. The minimum absolute atomic E-state index is 0.0901. The van der Waals surface area contributed by atoms with Gasteiger partial charge in [0.15, 0.2) is 0 Å². The van der Waals surface area contributed by atoms with Crippen LogP contribution in [0, 0.1) is 5.82 Å². The first-order chi connectivity index (χ1) is 9.15. The second-order valence-corrected chi connectivity index (χ2v) is 5.98. The molecule has 2 unspecified atom stereocenters. The van der Waals surface area contributed by atoms with Gasteiger partial charge in [-0.3, -0.25) is 0 Å². The molecule has 2 aromatic rings. The molecule has 0 aliphatic heterocycles. The van der Waals surface area contributed by atoms with Crippen LogP contribution < -0.4 is 5.73 Å². The van der Waals surface area contributed by atoms with Crippen molar-refractivity contribution < 1.29 is 4.39 Å². The van der Waals surface area contributed by atoms with Crippen LogP contribution in [0.1, 0.15) is 22.6 Å². The first-order valence-corrected chi connectivity index (χ1v) is 7.22. The van der Waals surface area contributed by atoms with Crippen molar-refractivity contribution in [1.82, 2.24) is 0 Å². The first-order valence-electron chi connectivity index (χ1n) is 6.42. The van der Waals surface area contributed by atoms with Crippen molar-refractivity contribution in [2.75, 3.05) is 0 Å². The Morgan fingerprint density at radius 1 is 1.26 bits per heavy atom. The molecule has 3 heteroatoms. The van der Waals surface area contributed by atoms with Gasteiger partial charge >= 0.3 is 0 Å². The summed E-state index contributed by atoms with van der Waals surface area (Å²) in [5, 5.41) is 0. The van der Waals surface area contributed by atoms with Crippen molar-refractivity contribution in [3.8, 4) is 0 Å². The smallest absolute Gasteiger partial charge is 0.137 e. The zero-order chi connectivity index (χ0) is 13.4. The average molecular weight is 320 g/mol. The van der Waals surface area contributed by atoms with E-state index in [0.717, 1.165) is 18.4 Å². The van der Waals surface area contributed by atoms with E-state index in [9.17, 15) is 4.39 Å². The molecular weight excluding hydrogens is 305 g/mol. The lowest BCUT2D eigenvalue weighted by Gasteiger charge is -2.34. The number of rotatable bonds is 3. The second-order valence-electron chi connectivity index (χ2n) is 5.13. The van der Waals surface area contributed by atoms with Crippen LogP contribution in [0.25, 0.3) is 0 Å². The van der Waals surface area contributed by atoms with Crippen molar-refractivity contribution >= 4 is 15.9 Å². The minimum Gasteiger partial charge on any atom is -0.327 e. The molecule has 3 rings (SSSR count). The van der Waals surface area contributed by atoms with Crippen LogP contribution in [0.4, 0.5) is 4.39 Å². The zero-order valence-electron chi connectivity index (χ0n) is 10.4. The SMILES string of the molecule is NC(Cc1ccc(F)c(Br)c1)C1Cc2ccccc21. The molecule has 2 atom stereocenters. The van der Waals surface area contributed by atoms with Gasteiger partial charge in [-0.1, -0.05) is 30.3 Å². The first kappa shape index (κ1) is 12.8. The Morgan fingerprint density at radius 2 is 2.05 bits per heavy atom. The summed E-state index contributed by atoms with van der Waals surface area (Å²) < 4.78 is 13.7. The largest absolute Gasteiger partial charge is 0.327 e. The number of fused-ring (bicyclic) bond motifs is 1. The molecule has 2 N–H and O–H groups in total. The molecule has 0 amide bonds. The molecule has 0 fully saturated rings. The third-order valence-corrected chi connectivity index (χ3v) is 4.47. The predicted molar refractivity (Wildman–Crippen MR) is 78.7 cm³/mol. The van der Waals surface area contributed by atoms with Crippen LogP contribution in [-0.2, 0) is 12.8 Å². The fourth-order valence-corrected chi connectivity index (χ4v) is 3.19. The van der Waals surface area contributed by atoms with Gasteiger partial charge in [0.2, 0.25) is 0 Å². The van der Waals surface area contributed by atoms with E-state index in [0.29, 0.717) is 10.4 Å². The Kier molecular flexibility index (Phi) is 3.42. The molecular formula is C16H15BrFN. The number of hydrogen-bond donors (Lipinski definition) is 1. The van der Waals surface area contributed by atoms with Gasteiger partial charge in [-0.2, -0.15) is 0 Å². The second kappa shape index (κ2) is 5.06. The van der Waals surface area contributed by atoms with Gasteiger partial charge in [0.1, 0.15) is 5.82 Å². The molecule has 1 aliphatic rings. The van der Waals surface area contributed by atoms with Gasteiger partial charge in [-0.05, 0) is 57.6 Å². The molecule has 0 aromatic heterocycles. The number of nitrogens with two attached hydrogens (primary N) is 1. The van der Waals surface area contributed by atoms with E-state index in [4.69, 9.17) is 5.73 Å². The average Bonchev–Trinajstić information content (AvgIpc) is 2.35. The summed E-state index contributed by atoms with van der Waals surface area (Å²) in [5.41, 5.74) is 10.2. The normalized spacial score (nSPS) is 18.6. The van der Waals surface area contributed by atoms with Crippen LogP contribution in [0.15, 0.2) is 46.9 Å². The maximum absolute atomic E-state index is 13.2. The predicted octanol–water partition coefficient (Wildman–Crippen LogP) is 3.80. The Morgan fingerprint density at radius 3 is 2.79 bits per heavy atom. The fourth-order valence-electron chi connectivity index (χ4n) is 2.76. The number of hydrogen-bond acceptors (Lipinski definition) is 1. The lowest BCUT2D eigenvalue weighted by molar-refractivity contribution is 0.480. The van der Waals surface area contributed by atoms with Gasteiger partial charge in [-0.15, -0.1) is 0 Å². The lowest BCUT2D eigenvalue weighted by Crippen LogP contribution is -2.37. The van der Waals surface area contributed by atoms with Crippen LogP contribution in [0.3, 0.4) is 0 Å². The highest BCUT2D eigenvalue weighted by Crippen LogP contribution is 2.37. The van der Waals surface area contributed by atoms with E-state index in [1.54, 1.807) is 0 Å². The van der Waals surface area contributed by atoms with Gasteiger partial charge < -0.3 is 5.73 Å².